The minimum atomic E-state index is -0.768. The smallest absolute Gasteiger partial charge is 0.306 e. The lowest BCUT2D eigenvalue weighted by atomic mass is 10.1. The second-order valence-corrected chi connectivity index (χ2v) is 5.89. The Bertz CT molecular complexity index is 515. The molecule has 0 saturated heterocycles. The fourth-order valence-electron chi connectivity index (χ4n) is 2.44. The van der Waals surface area contributed by atoms with Crippen molar-refractivity contribution in [1.82, 2.24) is 5.32 Å². The SMILES string of the molecule is Cc1ccc(Br)cc1C(=O)NC1CCC(C(=O)O)C1. The Hall–Kier alpha value is -1.36. The number of halogens is 1. The molecule has 1 fully saturated rings. The highest BCUT2D eigenvalue weighted by Gasteiger charge is 2.30. The summed E-state index contributed by atoms with van der Waals surface area (Å²) in [5.74, 6) is -1.22. The van der Waals surface area contributed by atoms with Crippen molar-refractivity contribution in [1.29, 1.82) is 0 Å². The van der Waals surface area contributed by atoms with Gasteiger partial charge >= 0.3 is 5.97 Å². The summed E-state index contributed by atoms with van der Waals surface area (Å²) in [6.07, 6.45) is 1.89. The highest BCUT2D eigenvalue weighted by Crippen LogP contribution is 2.26. The second-order valence-electron chi connectivity index (χ2n) is 4.98. The van der Waals surface area contributed by atoms with Crippen LogP contribution in [0.5, 0.6) is 0 Å². The molecule has 1 aromatic carbocycles. The molecule has 0 bridgehead atoms. The highest BCUT2D eigenvalue weighted by molar-refractivity contribution is 9.10. The van der Waals surface area contributed by atoms with Gasteiger partial charge in [0.05, 0.1) is 5.92 Å². The summed E-state index contributed by atoms with van der Waals surface area (Å²) >= 11 is 3.35. The second kappa shape index (κ2) is 5.74. The van der Waals surface area contributed by atoms with Gasteiger partial charge in [-0.15, -0.1) is 0 Å². The van der Waals surface area contributed by atoms with Crippen LogP contribution in [0.3, 0.4) is 0 Å². The lowest BCUT2D eigenvalue weighted by Crippen LogP contribution is -2.33. The molecule has 2 atom stereocenters. The Labute approximate surface area is 120 Å². The van der Waals surface area contributed by atoms with Gasteiger partial charge in [-0.3, -0.25) is 9.59 Å². The van der Waals surface area contributed by atoms with Crippen molar-refractivity contribution >= 4 is 27.8 Å². The quantitative estimate of drug-likeness (QED) is 0.897. The van der Waals surface area contributed by atoms with E-state index in [1.165, 1.54) is 0 Å². The summed E-state index contributed by atoms with van der Waals surface area (Å²) < 4.78 is 0.859. The monoisotopic (exact) mass is 325 g/mol. The van der Waals surface area contributed by atoms with Gasteiger partial charge in [0.1, 0.15) is 0 Å². The molecular formula is C14H16BrNO3. The number of carbonyl (C=O) groups excluding carboxylic acids is 1. The average molecular weight is 326 g/mol. The molecule has 2 rings (SSSR count). The van der Waals surface area contributed by atoms with E-state index in [4.69, 9.17) is 5.11 Å². The number of benzene rings is 1. The van der Waals surface area contributed by atoms with E-state index in [1.54, 1.807) is 6.07 Å². The fraction of sp³-hybridized carbons (Fsp3) is 0.429. The van der Waals surface area contributed by atoms with Crippen LogP contribution in [0, 0.1) is 12.8 Å². The van der Waals surface area contributed by atoms with Crippen LogP contribution in [0.2, 0.25) is 0 Å². The molecule has 2 unspecified atom stereocenters. The lowest BCUT2D eigenvalue weighted by Gasteiger charge is -2.14. The maximum absolute atomic E-state index is 12.2. The number of carboxylic acids is 1. The van der Waals surface area contributed by atoms with E-state index >= 15 is 0 Å². The van der Waals surface area contributed by atoms with Gasteiger partial charge < -0.3 is 10.4 Å². The van der Waals surface area contributed by atoms with E-state index in [1.807, 2.05) is 19.1 Å². The van der Waals surface area contributed by atoms with Gasteiger partial charge in [-0.1, -0.05) is 22.0 Å². The largest absolute Gasteiger partial charge is 0.481 e. The molecule has 0 radical (unpaired) electrons. The molecule has 5 heteroatoms. The first kappa shape index (κ1) is 14.1. The molecule has 0 heterocycles. The normalized spacial score (nSPS) is 22.2. The molecule has 19 heavy (non-hydrogen) atoms. The molecule has 1 aromatic rings. The molecule has 0 aliphatic heterocycles. The first-order chi connectivity index (χ1) is 8.97. The highest BCUT2D eigenvalue weighted by atomic mass is 79.9. The zero-order valence-corrected chi connectivity index (χ0v) is 12.2. The molecule has 102 valence electrons. The van der Waals surface area contributed by atoms with Gasteiger partial charge in [-0.25, -0.2) is 0 Å². The van der Waals surface area contributed by atoms with Crippen LogP contribution < -0.4 is 5.32 Å². The summed E-state index contributed by atoms with van der Waals surface area (Å²) in [6, 6.07) is 5.52. The molecule has 1 saturated carbocycles. The zero-order valence-electron chi connectivity index (χ0n) is 10.6. The van der Waals surface area contributed by atoms with Crippen molar-refractivity contribution in [3.63, 3.8) is 0 Å². The standard InChI is InChI=1S/C14H16BrNO3/c1-8-2-4-10(15)7-12(8)13(17)16-11-5-3-9(6-11)14(18)19/h2,4,7,9,11H,3,5-6H2,1H3,(H,16,17)(H,18,19). The van der Waals surface area contributed by atoms with E-state index in [0.717, 1.165) is 16.5 Å². The van der Waals surface area contributed by atoms with Gasteiger partial charge in [0.2, 0.25) is 0 Å². The van der Waals surface area contributed by atoms with E-state index in [9.17, 15) is 9.59 Å². The molecule has 2 N–H and O–H groups in total. The van der Waals surface area contributed by atoms with E-state index < -0.39 is 5.97 Å². The lowest BCUT2D eigenvalue weighted by molar-refractivity contribution is -0.141. The topological polar surface area (TPSA) is 66.4 Å². The van der Waals surface area contributed by atoms with Gasteiger partial charge in [0, 0.05) is 16.1 Å². The van der Waals surface area contributed by atoms with Crippen LogP contribution in [-0.4, -0.2) is 23.0 Å². The number of aryl methyl sites for hydroxylation is 1. The number of hydrogen-bond donors (Lipinski definition) is 2. The van der Waals surface area contributed by atoms with E-state index in [2.05, 4.69) is 21.2 Å². The number of nitrogens with one attached hydrogen (secondary N) is 1. The van der Waals surface area contributed by atoms with Crippen LogP contribution in [0.15, 0.2) is 22.7 Å². The van der Waals surface area contributed by atoms with Crippen LogP contribution in [0.25, 0.3) is 0 Å². The van der Waals surface area contributed by atoms with Crippen LogP contribution in [-0.2, 0) is 4.79 Å². The Morgan fingerprint density at radius 3 is 2.74 bits per heavy atom. The fourth-order valence-corrected chi connectivity index (χ4v) is 2.80. The van der Waals surface area contributed by atoms with Crippen molar-refractivity contribution in [2.75, 3.05) is 0 Å². The van der Waals surface area contributed by atoms with Crippen molar-refractivity contribution in [3.05, 3.63) is 33.8 Å². The Morgan fingerprint density at radius 2 is 2.11 bits per heavy atom. The molecule has 1 amide bonds. The van der Waals surface area contributed by atoms with Crippen LogP contribution in [0.1, 0.15) is 35.2 Å². The maximum Gasteiger partial charge on any atom is 0.306 e. The zero-order chi connectivity index (χ0) is 14.0. The van der Waals surface area contributed by atoms with Crippen molar-refractivity contribution < 1.29 is 14.7 Å². The van der Waals surface area contributed by atoms with Crippen molar-refractivity contribution in [2.24, 2.45) is 5.92 Å². The summed E-state index contributed by atoms with van der Waals surface area (Å²) in [4.78, 5) is 23.1. The van der Waals surface area contributed by atoms with Gasteiger partial charge in [0.25, 0.3) is 5.91 Å². The molecule has 4 nitrogen and oxygen atoms in total. The predicted molar refractivity (Wildman–Crippen MR) is 75.1 cm³/mol. The summed E-state index contributed by atoms with van der Waals surface area (Å²) in [6.45, 7) is 1.88. The first-order valence-electron chi connectivity index (χ1n) is 6.27. The van der Waals surface area contributed by atoms with Crippen LogP contribution in [0.4, 0.5) is 0 Å². The van der Waals surface area contributed by atoms with Crippen molar-refractivity contribution in [2.45, 2.75) is 32.2 Å². The third-order valence-electron chi connectivity index (χ3n) is 3.56. The molecule has 0 spiro atoms. The first-order valence-corrected chi connectivity index (χ1v) is 7.06. The van der Waals surface area contributed by atoms with E-state index in [-0.39, 0.29) is 17.9 Å². The number of carbonyl (C=O) groups is 2. The van der Waals surface area contributed by atoms with Crippen LogP contribution >= 0.6 is 15.9 Å². The number of hydrogen-bond acceptors (Lipinski definition) is 2. The van der Waals surface area contributed by atoms with E-state index in [0.29, 0.717) is 18.4 Å². The van der Waals surface area contributed by atoms with Gasteiger partial charge in [-0.05, 0) is 43.9 Å². The van der Waals surface area contributed by atoms with Crippen molar-refractivity contribution in [3.8, 4) is 0 Å². The average Bonchev–Trinajstić information content (AvgIpc) is 2.80. The van der Waals surface area contributed by atoms with Gasteiger partial charge in [-0.2, -0.15) is 0 Å². The molecule has 0 aromatic heterocycles. The summed E-state index contributed by atoms with van der Waals surface area (Å²) in [7, 11) is 0. The number of amides is 1. The summed E-state index contributed by atoms with van der Waals surface area (Å²) in [5.41, 5.74) is 1.54. The maximum atomic E-state index is 12.2. The number of aliphatic carboxylic acids is 1. The molecular weight excluding hydrogens is 310 g/mol. The van der Waals surface area contributed by atoms with Gasteiger partial charge in [0.15, 0.2) is 0 Å². The third-order valence-corrected chi connectivity index (χ3v) is 4.05. The Morgan fingerprint density at radius 1 is 1.37 bits per heavy atom. The predicted octanol–water partition coefficient (Wildman–Crippen LogP) is 2.74. The summed E-state index contributed by atoms with van der Waals surface area (Å²) in [5, 5.41) is 11.9. The third kappa shape index (κ3) is 3.35. The Balaban J connectivity index is 2.02. The Kier molecular flexibility index (Phi) is 4.24. The number of carboxylic acid groups (broad SMARTS) is 1. The molecule has 1 aliphatic rings. The minimum absolute atomic E-state index is 0.0352. The number of rotatable bonds is 3. The molecule has 1 aliphatic carbocycles. The minimum Gasteiger partial charge on any atom is -0.481 e.